The molecule has 1 aliphatic heterocycles. The molecule has 0 bridgehead atoms. The predicted octanol–water partition coefficient (Wildman–Crippen LogP) is -1.15. The second-order valence-electron chi connectivity index (χ2n) is 5.18. The summed E-state index contributed by atoms with van der Waals surface area (Å²) in [6.45, 7) is -0.544. The first kappa shape index (κ1) is 15.9. The van der Waals surface area contributed by atoms with Gasteiger partial charge in [0.05, 0.1) is 5.69 Å². The van der Waals surface area contributed by atoms with E-state index in [0.29, 0.717) is 5.52 Å². The number of ether oxygens (including phenoxy) is 2. The van der Waals surface area contributed by atoms with Gasteiger partial charge in [0, 0.05) is 0 Å². The lowest BCUT2D eigenvalue weighted by atomic mass is 9.92. The Morgan fingerprint density at radius 2 is 2.29 bits per heavy atom. The van der Waals surface area contributed by atoms with Crippen molar-refractivity contribution in [3.63, 3.8) is 0 Å². The van der Waals surface area contributed by atoms with Crippen LogP contribution >= 0.6 is 0 Å². The first-order chi connectivity index (χ1) is 11.4. The highest BCUT2D eigenvalue weighted by molar-refractivity contribution is 5.66. The van der Waals surface area contributed by atoms with Gasteiger partial charge in [-0.3, -0.25) is 0 Å². The van der Waals surface area contributed by atoms with Crippen molar-refractivity contribution in [1.82, 2.24) is 14.6 Å². The average molecular weight is 335 g/mol. The molecule has 0 aliphatic carbocycles. The van der Waals surface area contributed by atoms with Gasteiger partial charge in [-0.2, -0.15) is 10.4 Å². The van der Waals surface area contributed by atoms with Crippen LogP contribution in [0, 0.1) is 11.3 Å². The maximum absolute atomic E-state index is 10.5. The molecule has 0 aromatic carbocycles. The highest BCUT2D eigenvalue weighted by atomic mass is 16.7. The number of aliphatic hydroxyl groups is 2. The maximum atomic E-state index is 10.5. The normalized spacial score (nSPS) is 29.5. The number of nitrogens with two attached hydrogens (primary N) is 1. The van der Waals surface area contributed by atoms with E-state index in [4.69, 9.17) is 15.6 Å². The summed E-state index contributed by atoms with van der Waals surface area (Å²) in [7, 11) is 0. The largest absolute Gasteiger partial charge is 0.505 e. The summed E-state index contributed by atoms with van der Waals surface area (Å²) in [5.41, 5.74) is 4.27. The van der Waals surface area contributed by atoms with Crippen LogP contribution in [-0.2, 0) is 15.1 Å². The van der Waals surface area contributed by atoms with Gasteiger partial charge in [-0.25, -0.2) is 14.3 Å². The smallest absolute Gasteiger partial charge is 0.450 e. The molecule has 5 N–H and O–H groups in total. The molecule has 0 radical (unpaired) electrons. The zero-order valence-corrected chi connectivity index (χ0v) is 12.1. The standard InChI is InChI=1S/C13H13N5O6/c14-4-13(8-2-1-6-11(15)16-5-17-18(6)8)10(20)9(19)7(24-13)3-23-12(21)22/h1-2,5,7,9-10,19-20H,3H2,(H,21,22)(H2,15,16,17)/t7-,9-,10-,13+/m1/s1. The molecule has 3 rings (SSSR count). The van der Waals surface area contributed by atoms with Gasteiger partial charge in [0.15, 0.2) is 5.82 Å². The lowest BCUT2D eigenvalue weighted by molar-refractivity contribution is -0.0695. The van der Waals surface area contributed by atoms with E-state index < -0.39 is 36.7 Å². The molecule has 0 amide bonds. The molecular formula is C13H13N5O6. The SMILES string of the molecule is N#C[C@@]1(c2ccc3c(N)ncnn23)O[C@H](COC(=O)O)[C@@H](O)[C@H]1O. The van der Waals surface area contributed by atoms with E-state index in [0.717, 1.165) is 0 Å². The fraction of sp³-hybridized carbons (Fsp3) is 0.385. The van der Waals surface area contributed by atoms with Gasteiger partial charge in [0.1, 0.15) is 42.8 Å². The second-order valence-corrected chi connectivity index (χ2v) is 5.18. The second kappa shape index (κ2) is 5.60. The van der Waals surface area contributed by atoms with E-state index in [1.807, 2.05) is 6.07 Å². The Morgan fingerprint density at radius 3 is 2.96 bits per heavy atom. The van der Waals surface area contributed by atoms with E-state index in [9.17, 15) is 20.3 Å². The van der Waals surface area contributed by atoms with Gasteiger partial charge in [0.25, 0.3) is 0 Å². The van der Waals surface area contributed by atoms with Crippen molar-refractivity contribution in [1.29, 1.82) is 5.26 Å². The molecule has 0 spiro atoms. The van der Waals surface area contributed by atoms with Gasteiger partial charge in [-0.15, -0.1) is 0 Å². The lowest BCUT2D eigenvalue weighted by Gasteiger charge is -2.24. The summed E-state index contributed by atoms with van der Waals surface area (Å²) < 4.78 is 11.1. The molecule has 1 aliphatic rings. The van der Waals surface area contributed by atoms with Crippen LogP contribution in [0.4, 0.5) is 10.6 Å². The molecule has 2 aromatic heterocycles. The minimum Gasteiger partial charge on any atom is -0.450 e. The number of anilines is 1. The average Bonchev–Trinajstić information content (AvgIpc) is 3.09. The number of nitrogen functional groups attached to an aromatic ring is 1. The third kappa shape index (κ3) is 2.21. The summed E-state index contributed by atoms with van der Waals surface area (Å²) in [5, 5.41) is 42.6. The number of rotatable bonds is 3. The van der Waals surface area contributed by atoms with Crippen molar-refractivity contribution in [3.05, 3.63) is 24.2 Å². The number of hydrogen-bond donors (Lipinski definition) is 4. The van der Waals surface area contributed by atoms with E-state index in [1.165, 1.54) is 23.0 Å². The number of carboxylic acid groups (broad SMARTS) is 1. The summed E-state index contributed by atoms with van der Waals surface area (Å²) in [6.07, 6.45) is -4.81. The van der Waals surface area contributed by atoms with E-state index in [1.54, 1.807) is 0 Å². The van der Waals surface area contributed by atoms with Gasteiger partial charge in [0.2, 0.25) is 5.60 Å². The number of aliphatic hydroxyl groups excluding tert-OH is 2. The minimum atomic E-state index is -1.97. The molecule has 11 nitrogen and oxygen atoms in total. The quantitative estimate of drug-likeness (QED) is 0.500. The molecule has 0 unspecified atom stereocenters. The number of carbonyl (C=O) groups is 1. The van der Waals surface area contributed by atoms with Crippen LogP contribution in [0.15, 0.2) is 18.5 Å². The number of nitrogens with zero attached hydrogens (tertiary/aromatic N) is 4. The van der Waals surface area contributed by atoms with Crippen LogP contribution < -0.4 is 5.73 Å². The molecular weight excluding hydrogens is 322 g/mol. The number of aromatic nitrogens is 3. The fourth-order valence-electron chi connectivity index (χ4n) is 2.70. The highest BCUT2D eigenvalue weighted by Gasteiger charge is 2.57. The summed E-state index contributed by atoms with van der Waals surface area (Å²) in [6, 6.07) is 4.83. The summed E-state index contributed by atoms with van der Waals surface area (Å²) in [5.74, 6) is 0.156. The zero-order valence-electron chi connectivity index (χ0n) is 12.1. The van der Waals surface area contributed by atoms with Crippen molar-refractivity contribution in [2.45, 2.75) is 23.9 Å². The van der Waals surface area contributed by atoms with Crippen molar-refractivity contribution in [3.8, 4) is 6.07 Å². The molecule has 24 heavy (non-hydrogen) atoms. The molecule has 126 valence electrons. The predicted molar refractivity (Wildman–Crippen MR) is 75.6 cm³/mol. The molecule has 4 atom stereocenters. The lowest BCUT2D eigenvalue weighted by Crippen LogP contribution is -2.41. The van der Waals surface area contributed by atoms with Crippen LogP contribution in [0.1, 0.15) is 5.69 Å². The zero-order chi connectivity index (χ0) is 17.5. The van der Waals surface area contributed by atoms with Gasteiger partial charge in [-0.1, -0.05) is 0 Å². The Morgan fingerprint density at radius 1 is 1.54 bits per heavy atom. The van der Waals surface area contributed by atoms with Crippen LogP contribution in [0.2, 0.25) is 0 Å². The van der Waals surface area contributed by atoms with E-state index in [2.05, 4.69) is 14.8 Å². The topological polar surface area (TPSA) is 176 Å². The van der Waals surface area contributed by atoms with Crippen molar-refractivity contribution >= 4 is 17.5 Å². The highest BCUT2D eigenvalue weighted by Crippen LogP contribution is 2.40. The van der Waals surface area contributed by atoms with Crippen LogP contribution in [0.3, 0.4) is 0 Å². The Balaban J connectivity index is 2.04. The van der Waals surface area contributed by atoms with Crippen molar-refractivity contribution < 1.29 is 29.6 Å². The van der Waals surface area contributed by atoms with Gasteiger partial charge in [-0.05, 0) is 12.1 Å². The first-order valence-corrected chi connectivity index (χ1v) is 6.80. The number of nitriles is 1. The maximum Gasteiger partial charge on any atom is 0.505 e. The fourth-order valence-corrected chi connectivity index (χ4v) is 2.70. The molecule has 2 aromatic rings. The molecule has 11 heteroatoms. The third-order valence-corrected chi connectivity index (χ3v) is 3.86. The monoisotopic (exact) mass is 335 g/mol. The van der Waals surface area contributed by atoms with Crippen LogP contribution in [0.25, 0.3) is 5.52 Å². The Kier molecular flexibility index (Phi) is 3.72. The molecule has 3 heterocycles. The van der Waals surface area contributed by atoms with Gasteiger partial charge < -0.3 is 30.5 Å². The van der Waals surface area contributed by atoms with Crippen LogP contribution in [0.5, 0.6) is 0 Å². The van der Waals surface area contributed by atoms with Crippen molar-refractivity contribution in [2.75, 3.05) is 12.3 Å². The van der Waals surface area contributed by atoms with E-state index in [-0.39, 0.29) is 11.5 Å². The number of fused-ring (bicyclic) bond motifs is 1. The van der Waals surface area contributed by atoms with Gasteiger partial charge >= 0.3 is 6.16 Å². The molecule has 1 saturated heterocycles. The molecule has 0 saturated carbocycles. The Hall–Kier alpha value is -2.94. The van der Waals surface area contributed by atoms with E-state index >= 15 is 0 Å². The van der Waals surface area contributed by atoms with Crippen molar-refractivity contribution in [2.24, 2.45) is 0 Å². The van der Waals surface area contributed by atoms with Crippen LogP contribution in [-0.4, -0.2) is 61.0 Å². The Bertz CT molecular complexity index is 832. The summed E-state index contributed by atoms with van der Waals surface area (Å²) >= 11 is 0. The third-order valence-electron chi connectivity index (χ3n) is 3.86. The number of hydrogen-bond acceptors (Lipinski definition) is 9. The first-order valence-electron chi connectivity index (χ1n) is 6.80. The minimum absolute atomic E-state index is 0.124. The molecule has 1 fully saturated rings. The summed E-state index contributed by atoms with van der Waals surface area (Å²) in [4.78, 5) is 14.3. The Labute approximate surface area is 134 Å².